The Balaban J connectivity index is 0.000000120. The van der Waals surface area contributed by atoms with Crippen molar-refractivity contribution in [2.75, 3.05) is 14.1 Å². The summed E-state index contributed by atoms with van der Waals surface area (Å²) in [5.74, 6) is 0. The van der Waals surface area contributed by atoms with Crippen LogP contribution in [0.5, 0.6) is 0 Å². The Morgan fingerprint density at radius 3 is 1.67 bits per heavy atom. The van der Waals surface area contributed by atoms with Crippen LogP contribution in [0.3, 0.4) is 0 Å². The molecule has 2 rings (SSSR count). The van der Waals surface area contributed by atoms with Crippen LogP contribution in [0.15, 0.2) is 24.3 Å². The van der Waals surface area contributed by atoms with Crippen molar-refractivity contribution in [3.05, 3.63) is 24.3 Å². The minimum absolute atomic E-state index is 1.43. The highest BCUT2D eigenvalue weighted by atomic mass is 14.7. The molecule has 0 fully saturated rings. The molecular formula is C8H11N. The summed E-state index contributed by atoms with van der Waals surface area (Å²) in [6.07, 6.45) is 0. The molecule has 48 valence electrons. The van der Waals surface area contributed by atoms with Crippen LogP contribution in [0.2, 0.25) is 0 Å². The zero-order valence-electron chi connectivity index (χ0n) is 5.81. The molecule has 0 amide bonds. The van der Waals surface area contributed by atoms with Gasteiger partial charge >= 0.3 is 0 Å². The topological polar surface area (TPSA) is 12.0 Å². The van der Waals surface area contributed by atoms with E-state index in [4.69, 9.17) is 0 Å². The van der Waals surface area contributed by atoms with E-state index in [9.17, 15) is 0 Å². The van der Waals surface area contributed by atoms with E-state index in [0.717, 1.165) is 0 Å². The van der Waals surface area contributed by atoms with Gasteiger partial charge in [0, 0.05) is 0 Å². The Morgan fingerprint density at radius 2 is 1.56 bits per heavy atom. The molecule has 0 bridgehead atoms. The Morgan fingerprint density at radius 1 is 1.11 bits per heavy atom. The van der Waals surface area contributed by atoms with Crippen molar-refractivity contribution in [3.63, 3.8) is 0 Å². The van der Waals surface area contributed by atoms with Gasteiger partial charge in [-0.3, -0.25) is 0 Å². The molecule has 0 atom stereocenters. The fraction of sp³-hybridized carbons (Fsp3) is 0.250. The van der Waals surface area contributed by atoms with Gasteiger partial charge in [0.15, 0.2) is 0 Å². The number of hydrogen-bond acceptors (Lipinski definition) is 1. The van der Waals surface area contributed by atoms with E-state index >= 15 is 0 Å². The molecule has 1 N–H and O–H groups in total. The normalized spacial score (nSPS) is 9.56. The smallest absolute Gasteiger partial charge is 0.0167 e. The van der Waals surface area contributed by atoms with Crippen molar-refractivity contribution < 1.29 is 0 Å². The number of benzene rings is 1. The summed E-state index contributed by atoms with van der Waals surface area (Å²) < 4.78 is 0. The van der Waals surface area contributed by atoms with Crippen molar-refractivity contribution in [3.8, 4) is 11.1 Å². The van der Waals surface area contributed by atoms with E-state index in [1.54, 1.807) is 0 Å². The summed E-state index contributed by atoms with van der Waals surface area (Å²) in [5, 5.41) is 2.75. The quantitative estimate of drug-likeness (QED) is 0.557. The van der Waals surface area contributed by atoms with Crippen LogP contribution in [0.1, 0.15) is 0 Å². The first-order chi connectivity index (χ1) is 4.38. The molecule has 0 aromatic heterocycles. The molecule has 0 saturated heterocycles. The maximum Gasteiger partial charge on any atom is -0.0167 e. The summed E-state index contributed by atoms with van der Waals surface area (Å²) in [4.78, 5) is 0. The molecule has 1 nitrogen and oxygen atoms in total. The second kappa shape index (κ2) is 2.65. The highest BCUT2D eigenvalue weighted by Crippen LogP contribution is 2.32. The van der Waals surface area contributed by atoms with Crippen molar-refractivity contribution >= 4 is 0 Å². The molecule has 0 unspecified atom stereocenters. The van der Waals surface area contributed by atoms with Gasteiger partial charge in [-0.2, -0.15) is 0 Å². The zero-order valence-corrected chi connectivity index (χ0v) is 5.81. The van der Waals surface area contributed by atoms with Crippen LogP contribution in [0.4, 0.5) is 0 Å². The molecule has 2 aliphatic rings. The predicted octanol–water partition coefficient (Wildman–Crippen LogP) is 1.50. The summed E-state index contributed by atoms with van der Waals surface area (Å²) in [6, 6.07) is 8.48. The van der Waals surface area contributed by atoms with E-state index in [2.05, 4.69) is 29.6 Å². The first-order valence-electron chi connectivity index (χ1n) is 3.07. The fourth-order valence-corrected chi connectivity index (χ4v) is 0.676. The lowest BCUT2D eigenvalue weighted by atomic mass is 10.6. The van der Waals surface area contributed by atoms with E-state index in [1.807, 2.05) is 14.1 Å². The standard InChI is InChI=1S/C6H4.C2H7N/c1-2-5-4-6(5)3-1;1-3-2/h1-4H;3H,1-2H3. The summed E-state index contributed by atoms with van der Waals surface area (Å²) in [7, 11) is 3.75. The van der Waals surface area contributed by atoms with E-state index in [1.165, 1.54) is 11.1 Å². The molecule has 0 spiro atoms. The minimum atomic E-state index is 1.43. The summed E-state index contributed by atoms with van der Waals surface area (Å²) in [5.41, 5.74) is 2.85. The zero-order chi connectivity index (χ0) is 6.69. The average molecular weight is 121 g/mol. The first kappa shape index (κ1) is 6.30. The van der Waals surface area contributed by atoms with E-state index in [-0.39, 0.29) is 0 Å². The highest BCUT2D eigenvalue weighted by Gasteiger charge is 2.06. The van der Waals surface area contributed by atoms with Gasteiger partial charge in [-0.1, -0.05) is 18.2 Å². The minimum Gasteiger partial charge on any atom is -0.323 e. The number of hydrogen-bond donors (Lipinski definition) is 1. The van der Waals surface area contributed by atoms with Crippen molar-refractivity contribution in [2.45, 2.75) is 0 Å². The second-order valence-corrected chi connectivity index (χ2v) is 2.08. The Hall–Kier alpha value is -0.820. The molecule has 0 radical (unpaired) electrons. The van der Waals surface area contributed by atoms with Crippen molar-refractivity contribution in [1.29, 1.82) is 0 Å². The average Bonchev–Trinajstić information content (AvgIpc) is 2.43. The van der Waals surface area contributed by atoms with Gasteiger partial charge in [0.2, 0.25) is 0 Å². The Bertz CT molecular complexity index is 176. The fourth-order valence-electron chi connectivity index (χ4n) is 0.676. The molecule has 9 heavy (non-hydrogen) atoms. The molecule has 0 saturated carbocycles. The number of nitrogens with one attached hydrogen (secondary N) is 1. The van der Waals surface area contributed by atoms with Crippen molar-refractivity contribution in [2.24, 2.45) is 0 Å². The molecule has 0 aromatic rings. The second-order valence-electron chi connectivity index (χ2n) is 2.08. The van der Waals surface area contributed by atoms with Crippen LogP contribution in [-0.4, -0.2) is 14.1 Å². The Kier molecular flexibility index (Phi) is 1.85. The van der Waals surface area contributed by atoms with Crippen LogP contribution in [0, 0.1) is 0 Å². The lowest BCUT2D eigenvalue weighted by Gasteiger charge is -1.59. The first-order valence-corrected chi connectivity index (χ1v) is 3.07. The third-order valence-electron chi connectivity index (χ3n) is 1.11. The summed E-state index contributed by atoms with van der Waals surface area (Å²) >= 11 is 0. The predicted molar refractivity (Wildman–Crippen MR) is 40.4 cm³/mol. The van der Waals surface area contributed by atoms with Gasteiger partial charge in [-0.15, -0.1) is 0 Å². The van der Waals surface area contributed by atoms with Gasteiger partial charge in [0.25, 0.3) is 0 Å². The highest BCUT2D eigenvalue weighted by molar-refractivity contribution is 5.80. The lowest BCUT2D eigenvalue weighted by Crippen LogP contribution is -1.89. The maximum atomic E-state index is 2.75. The summed E-state index contributed by atoms with van der Waals surface area (Å²) in [6.45, 7) is 0. The molecule has 0 aliphatic heterocycles. The van der Waals surface area contributed by atoms with Crippen LogP contribution >= 0.6 is 0 Å². The van der Waals surface area contributed by atoms with Gasteiger partial charge < -0.3 is 5.32 Å². The monoisotopic (exact) mass is 121 g/mol. The van der Waals surface area contributed by atoms with Crippen LogP contribution in [0.25, 0.3) is 11.1 Å². The van der Waals surface area contributed by atoms with E-state index in [0.29, 0.717) is 0 Å². The Labute approximate surface area is 55.7 Å². The maximum absolute atomic E-state index is 2.75. The number of rotatable bonds is 0. The van der Waals surface area contributed by atoms with Crippen LogP contribution < -0.4 is 5.32 Å². The molecule has 1 heteroatoms. The molecule has 2 aliphatic carbocycles. The third-order valence-corrected chi connectivity index (χ3v) is 1.11. The largest absolute Gasteiger partial charge is 0.323 e. The molecular weight excluding hydrogens is 110 g/mol. The third kappa shape index (κ3) is 1.54. The van der Waals surface area contributed by atoms with Gasteiger partial charge in [-0.05, 0) is 31.3 Å². The van der Waals surface area contributed by atoms with Gasteiger partial charge in [-0.25, -0.2) is 0 Å². The SMILES string of the molecule is CNC.c1cc2cc-2c1. The molecule has 0 heterocycles. The lowest BCUT2D eigenvalue weighted by molar-refractivity contribution is 1.02. The van der Waals surface area contributed by atoms with Crippen molar-refractivity contribution in [1.82, 2.24) is 5.32 Å². The van der Waals surface area contributed by atoms with Gasteiger partial charge in [0.05, 0.1) is 0 Å². The number of fused-ring (bicyclic) bond motifs is 1. The van der Waals surface area contributed by atoms with Crippen LogP contribution in [-0.2, 0) is 0 Å². The molecule has 0 aromatic carbocycles. The van der Waals surface area contributed by atoms with Gasteiger partial charge in [0.1, 0.15) is 0 Å². The van der Waals surface area contributed by atoms with E-state index < -0.39 is 0 Å².